The standard InChI is InChI=1S/C20H24N4O2/c1-14-6-5-7-16(12-14)20(26)23-22-15(2)13-19(25)21-17-8-10-18(11-9-17)24(3)4/h5-12H,13H2,1-4H3,(H,21,25)(H,23,26)/b22-15+. The van der Waals surface area contributed by atoms with E-state index < -0.39 is 0 Å². The number of amides is 2. The number of nitrogens with one attached hydrogen (secondary N) is 2. The van der Waals surface area contributed by atoms with Crippen LogP contribution in [-0.2, 0) is 4.79 Å². The molecule has 0 saturated heterocycles. The van der Waals surface area contributed by atoms with E-state index in [1.54, 1.807) is 19.1 Å². The van der Waals surface area contributed by atoms with Crippen LogP contribution in [0, 0.1) is 6.92 Å². The highest BCUT2D eigenvalue weighted by Gasteiger charge is 2.07. The van der Waals surface area contributed by atoms with Crippen LogP contribution in [0.3, 0.4) is 0 Å². The van der Waals surface area contributed by atoms with Gasteiger partial charge in [-0.1, -0.05) is 17.7 Å². The van der Waals surface area contributed by atoms with Crippen LogP contribution in [0.4, 0.5) is 11.4 Å². The van der Waals surface area contributed by atoms with Crippen LogP contribution in [0.2, 0.25) is 0 Å². The summed E-state index contributed by atoms with van der Waals surface area (Å²) >= 11 is 0. The third kappa shape index (κ3) is 5.73. The second-order valence-corrected chi connectivity index (χ2v) is 6.32. The van der Waals surface area contributed by atoms with Gasteiger partial charge in [0.15, 0.2) is 0 Å². The summed E-state index contributed by atoms with van der Waals surface area (Å²) in [6.45, 7) is 3.62. The normalized spacial score (nSPS) is 11.0. The Morgan fingerprint density at radius 2 is 1.77 bits per heavy atom. The Morgan fingerprint density at radius 3 is 2.38 bits per heavy atom. The van der Waals surface area contributed by atoms with E-state index in [-0.39, 0.29) is 18.2 Å². The van der Waals surface area contributed by atoms with E-state index in [9.17, 15) is 9.59 Å². The Hall–Kier alpha value is -3.15. The number of anilines is 2. The quantitative estimate of drug-likeness (QED) is 0.619. The Kier molecular flexibility index (Phi) is 6.49. The highest BCUT2D eigenvalue weighted by molar-refractivity contribution is 6.06. The van der Waals surface area contributed by atoms with Crippen molar-refractivity contribution in [1.29, 1.82) is 0 Å². The van der Waals surface area contributed by atoms with Crippen molar-refractivity contribution in [3.63, 3.8) is 0 Å². The molecule has 2 aromatic rings. The van der Waals surface area contributed by atoms with Gasteiger partial charge in [0.25, 0.3) is 5.91 Å². The molecular weight excluding hydrogens is 328 g/mol. The monoisotopic (exact) mass is 352 g/mol. The van der Waals surface area contributed by atoms with Gasteiger partial charge in [0.1, 0.15) is 0 Å². The molecule has 0 aromatic heterocycles. The molecule has 0 saturated carbocycles. The summed E-state index contributed by atoms with van der Waals surface area (Å²) < 4.78 is 0. The van der Waals surface area contributed by atoms with E-state index in [0.717, 1.165) is 16.9 Å². The number of carbonyl (C=O) groups excluding carboxylic acids is 2. The molecule has 0 heterocycles. The molecule has 2 N–H and O–H groups in total. The molecule has 0 aliphatic heterocycles. The number of nitrogens with zero attached hydrogens (tertiary/aromatic N) is 2. The summed E-state index contributed by atoms with van der Waals surface area (Å²) in [6.07, 6.45) is 0.101. The van der Waals surface area contributed by atoms with Crippen molar-refractivity contribution in [3.8, 4) is 0 Å². The molecule has 6 nitrogen and oxygen atoms in total. The number of benzene rings is 2. The fourth-order valence-electron chi connectivity index (χ4n) is 2.32. The molecule has 0 unspecified atom stereocenters. The predicted octanol–water partition coefficient (Wildman–Crippen LogP) is 3.20. The minimum absolute atomic E-state index is 0.101. The molecule has 2 rings (SSSR count). The van der Waals surface area contributed by atoms with Gasteiger partial charge < -0.3 is 10.2 Å². The molecule has 2 aromatic carbocycles. The SMILES string of the molecule is C/C(CC(=O)Nc1ccc(N(C)C)cc1)=N\NC(=O)c1cccc(C)c1. The van der Waals surface area contributed by atoms with Crippen LogP contribution in [0.1, 0.15) is 29.3 Å². The van der Waals surface area contributed by atoms with Gasteiger partial charge in [0.2, 0.25) is 5.91 Å². The number of rotatable bonds is 6. The van der Waals surface area contributed by atoms with Gasteiger partial charge in [0, 0.05) is 36.7 Å². The van der Waals surface area contributed by atoms with Crippen molar-refractivity contribution in [2.45, 2.75) is 20.3 Å². The van der Waals surface area contributed by atoms with E-state index in [4.69, 9.17) is 0 Å². The van der Waals surface area contributed by atoms with Gasteiger partial charge in [0.05, 0.1) is 6.42 Å². The predicted molar refractivity (Wildman–Crippen MR) is 106 cm³/mol. The third-order valence-electron chi connectivity index (χ3n) is 3.71. The molecule has 26 heavy (non-hydrogen) atoms. The second kappa shape index (κ2) is 8.80. The van der Waals surface area contributed by atoms with E-state index in [0.29, 0.717) is 11.3 Å². The van der Waals surface area contributed by atoms with Gasteiger partial charge in [-0.3, -0.25) is 9.59 Å². The van der Waals surface area contributed by atoms with Crippen LogP contribution < -0.4 is 15.6 Å². The first-order valence-electron chi connectivity index (χ1n) is 8.32. The molecule has 0 bridgehead atoms. The summed E-state index contributed by atoms with van der Waals surface area (Å²) in [5.41, 5.74) is 6.31. The number of aryl methyl sites for hydroxylation is 1. The Labute approximate surface area is 153 Å². The average molecular weight is 352 g/mol. The van der Waals surface area contributed by atoms with E-state index in [2.05, 4.69) is 15.8 Å². The summed E-state index contributed by atoms with van der Waals surface area (Å²) in [4.78, 5) is 26.1. The number of hydrogen-bond acceptors (Lipinski definition) is 4. The van der Waals surface area contributed by atoms with Crippen molar-refractivity contribution in [2.24, 2.45) is 5.10 Å². The van der Waals surface area contributed by atoms with Crippen molar-refractivity contribution in [2.75, 3.05) is 24.3 Å². The summed E-state index contributed by atoms with van der Waals surface area (Å²) in [5, 5.41) is 6.81. The average Bonchev–Trinajstić information content (AvgIpc) is 2.60. The highest BCUT2D eigenvalue weighted by Crippen LogP contribution is 2.15. The smallest absolute Gasteiger partial charge is 0.271 e. The van der Waals surface area contributed by atoms with Crippen molar-refractivity contribution >= 4 is 28.9 Å². The summed E-state index contributed by atoms with van der Waals surface area (Å²) in [6, 6.07) is 14.8. The van der Waals surface area contributed by atoms with Crippen LogP contribution >= 0.6 is 0 Å². The van der Waals surface area contributed by atoms with Gasteiger partial charge in [-0.2, -0.15) is 5.10 Å². The van der Waals surface area contributed by atoms with Crippen molar-refractivity contribution < 1.29 is 9.59 Å². The Bertz CT molecular complexity index is 811. The fraction of sp³-hybridized carbons (Fsp3) is 0.250. The number of hydrazone groups is 1. The maximum Gasteiger partial charge on any atom is 0.271 e. The van der Waals surface area contributed by atoms with Crippen molar-refractivity contribution in [3.05, 3.63) is 59.7 Å². The largest absolute Gasteiger partial charge is 0.378 e. The van der Waals surface area contributed by atoms with E-state index >= 15 is 0 Å². The zero-order chi connectivity index (χ0) is 19.1. The lowest BCUT2D eigenvalue weighted by Crippen LogP contribution is -2.21. The highest BCUT2D eigenvalue weighted by atomic mass is 16.2. The van der Waals surface area contributed by atoms with E-state index in [1.807, 2.05) is 62.3 Å². The minimum Gasteiger partial charge on any atom is -0.378 e. The summed E-state index contributed by atoms with van der Waals surface area (Å²) in [7, 11) is 3.91. The maximum atomic E-state index is 12.1. The molecule has 0 aliphatic rings. The first kappa shape index (κ1) is 19.2. The summed E-state index contributed by atoms with van der Waals surface area (Å²) in [5.74, 6) is -0.485. The van der Waals surface area contributed by atoms with Crippen LogP contribution in [0.5, 0.6) is 0 Å². The Morgan fingerprint density at radius 1 is 1.08 bits per heavy atom. The topological polar surface area (TPSA) is 73.8 Å². The van der Waals surface area contributed by atoms with Crippen LogP contribution in [-0.4, -0.2) is 31.6 Å². The number of hydrogen-bond donors (Lipinski definition) is 2. The molecule has 0 spiro atoms. The van der Waals surface area contributed by atoms with Gasteiger partial charge in [-0.25, -0.2) is 5.43 Å². The third-order valence-corrected chi connectivity index (χ3v) is 3.71. The Balaban J connectivity index is 1.87. The van der Waals surface area contributed by atoms with Crippen molar-refractivity contribution in [1.82, 2.24) is 5.43 Å². The lowest BCUT2D eigenvalue weighted by atomic mass is 10.1. The number of carbonyl (C=O) groups is 2. The molecule has 0 aliphatic carbocycles. The lowest BCUT2D eigenvalue weighted by Gasteiger charge is -2.13. The molecule has 0 fully saturated rings. The molecule has 2 amide bonds. The first-order valence-corrected chi connectivity index (χ1v) is 8.32. The zero-order valence-electron chi connectivity index (χ0n) is 15.5. The van der Waals surface area contributed by atoms with Crippen LogP contribution in [0.25, 0.3) is 0 Å². The molecule has 0 atom stereocenters. The zero-order valence-corrected chi connectivity index (χ0v) is 15.5. The molecular formula is C20H24N4O2. The van der Waals surface area contributed by atoms with Gasteiger partial charge in [-0.15, -0.1) is 0 Å². The van der Waals surface area contributed by atoms with Crippen LogP contribution in [0.15, 0.2) is 53.6 Å². The fourth-order valence-corrected chi connectivity index (χ4v) is 2.32. The first-order chi connectivity index (χ1) is 12.3. The molecule has 136 valence electrons. The molecule has 0 radical (unpaired) electrons. The molecule has 6 heteroatoms. The van der Waals surface area contributed by atoms with Gasteiger partial charge in [-0.05, 0) is 50.2 Å². The maximum absolute atomic E-state index is 12.1. The second-order valence-electron chi connectivity index (χ2n) is 6.32. The van der Waals surface area contributed by atoms with Gasteiger partial charge >= 0.3 is 0 Å². The lowest BCUT2D eigenvalue weighted by molar-refractivity contribution is -0.115. The minimum atomic E-state index is -0.298. The van der Waals surface area contributed by atoms with E-state index in [1.165, 1.54) is 0 Å².